The zero-order valence-electron chi connectivity index (χ0n) is 27.8. The molecule has 0 aliphatic carbocycles. The van der Waals surface area contributed by atoms with Gasteiger partial charge in [0.05, 0.1) is 9.79 Å². The van der Waals surface area contributed by atoms with E-state index in [2.05, 4.69) is 20.5 Å². The summed E-state index contributed by atoms with van der Waals surface area (Å²) in [5.74, 6) is -3.12. The molecule has 25 heteroatoms. The summed E-state index contributed by atoms with van der Waals surface area (Å²) in [4.78, 5) is -3.47. The first-order valence-corrected chi connectivity index (χ1v) is 20.9. The molecule has 0 aliphatic heterocycles. The zero-order valence-corrected chi connectivity index (χ0v) is 31.1. The Bertz CT molecular complexity index is 3250. The van der Waals surface area contributed by atoms with E-state index in [0.717, 1.165) is 48.5 Å². The number of nitrogens with two attached hydrogens (primary N) is 1. The van der Waals surface area contributed by atoms with Gasteiger partial charge in [0, 0.05) is 16.5 Å². The average Bonchev–Trinajstić information content (AvgIpc) is 3.09. The fraction of sp³-hybridized carbons (Fsp3) is 0. The molecule has 0 aromatic heterocycles. The molecule has 0 spiro atoms. The number of phenols is 4. The monoisotopic (exact) mass is 861 g/mol. The van der Waals surface area contributed by atoms with Crippen LogP contribution in [-0.2, 0) is 40.5 Å². The second-order valence-corrected chi connectivity index (χ2v) is 17.5. The van der Waals surface area contributed by atoms with Crippen molar-refractivity contribution in [3.63, 3.8) is 0 Å². The van der Waals surface area contributed by atoms with Crippen LogP contribution in [0.2, 0.25) is 0 Å². The number of benzene rings is 6. The smallest absolute Gasteiger partial charge is 0.298 e. The lowest BCUT2D eigenvalue weighted by molar-refractivity contribution is 0.444. The highest BCUT2D eigenvalue weighted by Gasteiger charge is 2.26. The highest BCUT2D eigenvalue weighted by Crippen LogP contribution is 2.46. The molecule has 21 nitrogen and oxygen atoms in total. The first kappa shape index (κ1) is 40.3. The lowest BCUT2D eigenvalue weighted by atomic mass is 10.0. The molecule has 57 heavy (non-hydrogen) atoms. The number of azo groups is 2. The maximum atomic E-state index is 12.2. The third-order valence-electron chi connectivity index (χ3n) is 8.13. The second-order valence-electron chi connectivity index (χ2n) is 11.8. The number of hydrogen-bond acceptors (Lipinski definition) is 17. The molecule has 0 bridgehead atoms. The van der Waals surface area contributed by atoms with Gasteiger partial charge >= 0.3 is 0 Å². The Morgan fingerprint density at radius 2 is 0.947 bits per heavy atom. The lowest BCUT2D eigenvalue weighted by Gasteiger charge is -2.12. The van der Waals surface area contributed by atoms with Crippen molar-refractivity contribution in [2.45, 2.75) is 19.6 Å². The molecule has 0 heterocycles. The van der Waals surface area contributed by atoms with E-state index in [-0.39, 0.29) is 44.0 Å². The first-order chi connectivity index (χ1) is 26.3. The molecular weight excluding hydrogens is 839 g/mol. The van der Waals surface area contributed by atoms with Crippen LogP contribution in [0.15, 0.2) is 119 Å². The minimum absolute atomic E-state index is 0.0664. The predicted molar refractivity (Wildman–Crippen MR) is 198 cm³/mol. The predicted octanol–water partition coefficient (Wildman–Crippen LogP) is 5.88. The molecule has 0 aliphatic rings. The van der Waals surface area contributed by atoms with Gasteiger partial charge in [-0.3, -0.25) is 18.2 Å². The van der Waals surface area contributed by atoms with Gasteiger partial charge in [-0.25, -0.2) is 0 Å². The molecule has 10 N–H and O–H groups in total. The van der Waals surface area contributed by atoms with Crippen LogP contribution in [0, 0.1) is 0 Å². The van der Waals surface area contributed by atoms with Crippen LogP contribution in [0.5, 0.6) is 23.0 Å². The van der Waals surface area contributed by atoms with Gasteiger partial charge in [0.15, 0.2) is 11.5 Å². The number of aromatic hydroxyl groups is 4. The van der Waals surface area contributed by atoms with Crippen molar-refractivity contribution in [3.8, 4) is 34.1 Å². The van der Waals surface area contributed by atoms with Crippen LogP contribution < -0.4 is 5.73 Å². The molecular formula is C32H23N5O16S4. The van der Waals surface area contributed by atoms with E-state index in [9.17, 15) is 72.3 Å². The number of hydrogen-bond donors (Lipinski definition) is 9. The van der Waals surface area contributed by atoms with Gasteiger partial charge in [-0.2, -0.15) is 33.7 Å². The standard InChI is InChI=1S/C32H23N5O16S4/c33-21-13-19(55(45,46)47)8-17-12-26(56(48,49)50)30(32(41)28(17)21)37-35-23-6-2-15(10-25(23)39)14-1-5-22(24(38)9-14)34-36-29-20-4-3-18(54(42,43)44)7-16(20)11-27(31(29)40)57(51,52)53/h1-13,38-41H,33H2,(H,42,43,44)(H,45,46,47)(H,48,49,50)(H,51,52,53). The van der Waals surface area contributed by atoms with Crippen molar-refractivity contribution in [1.29, 1.82) is 0 Å². The molecule has 296 valence electrons. The summed E-state index contributed by atoms with van der Waals surface area (Å²) in [7, 11) is -19.8. The number of anilines is 1. The maximum absolute atomic E-state index is 12.2. The largest absolute Gasteiger partial charge is 0.506 e. The Kier molecular flexibility index (Phi) is 9.91. The first-order valence-electron chi connectivity index (χ1n) is 15.1. The van der Waals surface area contributed by atoms with E-state index in [4.69, 9.17) is 5.73 Å². The van der Waals surface area contributed by atoms with Gasteiger partial charge in [-0.05, 0) is 82.6 Å². The van der Waals surface area contributed by atoms with Crippen molar-refractivity contribution >= 4 is 90.5 Å². The van der Waals surface area contributed by atoms with E-state index in [1.165, 1.54) is 30.3 Å². The molecule has 6 rings (SSSR count). The fourth-order valence-corrected chi connectivity index (χ4v) is 7.85. The van der Waals surface area contributed by atoms with Crippen LogP contribution in [0.1, 0.15) is 0 Å². The molecule has 0 saturated heterocycles. The van der Waals surface area contributed by atoms with Gasteiger partial charge in [0.1, 0.15) is 44.0 Å². The van der Waals surface area contributed by atoms with Gasteiger partial charge < -0.3 is 26.2 Å². The number of rotatable bonds is 9. The summed E-state index contributed by atoms with van der Waals surface area (Å²) in [5.41, 5.74) is 4.00. The highest BCUT2D eigenvalue weighted by molar-refractivity contribution is 7.86. The molecule has 6 aromatic carbocycles. The number of phenolic OH excluding ortho intramolecular Hbond substituents is 4. The van der Waals surface area contributed by atoms with E-state index >= 15 is 0 Å². The molecule has 0 saturated carbocycles. The van der Waals surface area contributed by atoms with E-state index in [1.807, 2.05) is 0 Å². The molecule has 0 fully saturated rings. The topological polar surface area (TPSA) is 374 Å². The normalized spacial score (nSPS) is 13.0. The Morgan fingerprint density at radius 1 is 0.456 bits per heavy atom. The summed E-state index contributed by atoms with van der Waals surface area (Å²) in [6, 6.07) is 13.4. The molecule has 0 atom stereocenters. The van der Waals surface area contributed by atoms with Gasteiger partial charge in [-0.15, -0.1) is 20.5 Å². The van der Waals surface area contributed by atoms with Crippen LogP contribution in [0.4, 0.5) is 28.4 Å². The number of fused-ring (bicyclic) bond motifs is 2. The number of nitrogen functional groups attached to an aromatic ring is 1. The molecule has 0 radical (unpaired) electrons. The Morgan fingerprint density at radius 3 is 1.44 bits per heavy atom. The lowest BCUT2D eigenvalue weighted by Crippen LogP contribution is -2.02. The molecule has 6 aromatic rings. The van der Waals surface area contributed by atoms with Crippen molar-refractivity contribution in [2.75, 3.05) is 5.73 Å². The Labute approximate surface area is 320 Å². The molecule has 0 unspecified atom stereocenters. The third kappa shape index (κ3) is 8.02. The van der Waals surface area contributed by atoms with Crippen LogP contribution in [0.25, 0.3) is 32.7 Å². The summed E-state index contributed by atoms with van der Waals surface area (Å²) < 4.78 is 133. The van der Waals surface area contributed by atoms with Gasteiger partial charge in [-0.1, -0.05) is 18.2 Å². The van der Waals surface area contributed by atoms with Crippen LogP contribution in [-0.4, -0.2) is 72.3 Å². The summed E-state index contributed by atoms with van der Waals surface area (Å²) in [5, 5.41) is 57.2. The van der Waals surface area contributed by atoms with Gasteiger partial charge in [0.25, 0.3) is 40.5 Å². The van der Waals surface area contributed by atoms with E-state index in [0.29, 0.717) is 0 Å². The maximum Gasteiger partial charge on any atom is 0.298 e. The van der Waals surface area contributed by atoms with Crippen molar-refractivity contribution in [1.82, 2.24) is 0 Å². The second kappa shape index (κ2) is 14.0. The van der Waals surface area contributed by atoms with E-state index in [1.54, 1.807) is 0 Å². The van der Waals surface area contributed by atoms with Crippen LogP contribution >= 0.6 is 0 Å². The van der Waals surface area contributed by atoms with Crippen LogP contribution in [0.3, 0.4) is 0 Å². The molecule has 0 amide bonds. The zero-order chi connectivity index (χ0) is 42.0. The summed E-state index contributed by atoms with van der Waals surface area (Å²) in [6.45, 7) is 0. The third-order valence-corrected chi connectivity index (χ3v) is 11.5. The van der Waals surface area contributed by atoms with Crippen molar-refractivity contribution in [2.24, 2.45) is 20.5 Å². The number of nitrogens with zero attached hydrogens (tertiary/aromatic N) is 4. The minimum Gasteiger partial charge on any atom is -0.506 e. The Hall–Kier alpha value is -6.32. The van der Waals surface area contributed by atoms with Gasteiger partial charge in [0.2, 0.25) is 0 Å². The Balaban J connectivity index is 1.34. The minimum atomic E-state index is -5.16. The van der Waals surface area contributed by atoms with E-state index < -0.39 is 100 Å². The highest BCUT2D eigenvalue weighted by atomic mass is 32.2. The summed E-state index contributed by atoms with van der Waals surface area (Å²) >= 11 is 0. The fourth-order valence-electron chi connectivity index (χ4n) is 5.50. The summed E-state index contributed by atoms with van der Waals surface area (Å²) in [6.07, 6.45) is 0. The van der Waals surface area contributed by atoms with Crippen molar-refractivity contribution < 1.29 is 72.3 Å². The van der Waals surface area contributed by atoms with Crippen molar-refractivity contribution in [3.05, 3.63) is 78.9 Å². The quantitative estimate of drug-likeness (QED) is 0.0465. The average molecular weight is 862 g/mol. The SMILES string of the molecule is Nc1cc(S(=O)(=O)O)cc2cc(S(=O)(=O)O)c(N=Nc3ccc(-c4ccc(N=Nc5c(O)c(S(=O)(=O)O)cc6cc(S(=O)(=O)O)ccc56)c(O)c4)cc3O)c(O)c12.